The summed E-state index contributed by atoms with van der Waals surface area (Å²) < 4.78 is 0. The summed E-state index contributed by atoms with van der Waals surface area (Å²) in [7, 11) is 0. The van der Waals surface area contributed by atoms with Crippen molar-refractivity contribution in [1.82, 2.24) is 0 Å². The van der Waals surface area contributed by atoms with E-state index in [-0.39, 0.29) is 39.4 Å². The van der Waals surface area contributed by atoms with Crippen LogP contribution in [-0.4, -0.2) is 8.41 Å². The summed E-state index contributed by atoms with van der Waals surface area (Å²) in [6, 6.07) is 0. The van der Waals surface area contributed by atoms with Crippen LogP contribution in [0.4, 0.5) is 0 Å². The molecule has 0 saturated carbocycles. The van der Waals surface area contributed by atoms with E-state index in [4.69, 9.17) is 11.8 Å². The van der Waals surface area contributed by atoms with E-state index in [1.807, 2.05) is 0 Å². The Balaban J connectivity index is -0.00000000167. The van der Waals surface area contributed by atoms with Gasteiger partial charge in [-0.1, -0.05) is 0 Å². The average molecular weight is 61.8 g/mol. The SMILES string of the molecule is [B].[C-]#N.[HH].[Na+]. The molecule has 0 atom stereocenters. The summed E-state index contributed by atoms with van der Waals surface area (Å²) in [5.41, 5.74) is 0. The molecular weight excluding hydrogens is 59.8 g/mol. The minimum Gasteiger partial charge on any atom is -0.512 e. The fourth-order valence-electron chi connectivity index (χ4n) is 0. The normalized spacial score (nSPS) is 0.500. The third kappa shape index (κ3) is 20.1. The summed E-state index contributed by atoms with van der Waals surface area (Å²) in [6.45, 7) is 4.75. The third-order valence-corrected chi connectivity index (χ3v) is 0. The molecule has 3 radical (unpaired) electrons. The standard InChI is InChI=1S/CN.B.Na.H2/c1-2;;;/h;;;1H/q-1;;+1;. The van der Waals surface area contributed by atoms with E-state index < -0.39 is 0 Å². The van der Waals surface area contributed by atoms with Crippen LogP contribution in [-0.2, 0) is 0 Å². The molecule has 0 spiro atoms. The van der Waals surface area contributed by atoms with E-state index in [0.29, 0.717) is 0 Å². The zero-order valence-electron chi connectivity index (χ0n) is 2.52. The molecule has 0 saturated heterocycles. The van der Waals surface area contributed by atoms with Gasteiger partial charge in [0, 0.05) is 9.84 Å². The van der Waals surface area contributed by atoms with Gasteiger partial charge >= 0.3 is 29.6 Å². The van der Waals surface area contributed by atoms with Gasteiger partial charge in [-0.15, -0.1) is 0 Å². The van der Waals surface area contributed by atoms with Crippen LogP contribution in [0.2, 0.25) is 0 Å². The van der Waals surface area contributed by atoms with Crippen molar-refractivity contribution in [2.24, 2.45) is 0 Å². The second kappa shape index (κ2) is 75.4. The minimum atomic E-state index is 0. The van der Waals surface area contributed by atoms with Crippen LogP contribution >= 0.6 is 0 Å². The second-order valence-electron chi connectivity index (χ2n) is 0. The minimum absolute atomic E-state index is 0. The van der Waals surface area contributed by atoms with Gasteiger partial charge in [-0.25, -0.2) is 0 Å². The molecule has 0 fully saturated rings. The first kappa shape index (κ1) is 23.8. The number of hydrogen-bond donors (Lipinski definition) is 0. The second-order valence-corrected chi connectivity index (χ2v) is 0. The van der Waals surface area contributed by atoms with Crippen LogP contribution in [0.3, 0.4) is 0 Å². The van der Waals surface area contributed by atoms with E-state index in [1.54, 1.807) is 0 Å². The molecule has 4 heavy (non-hydrogen) atoms. The molecule has 0 rings (SSSR count). The van der Waals surface area contributed by atoms with Crippen molar-refractivity contribution in [3.8, 4) is 0 Å². The molecule has 0 aliphatic carbocycles. The van der Waals surface area contributed by atoms with E-state index in [9.17, 15) is 0 Å². The Labute approximate surface area is 51.4 Å². The van der Waals surface area contributed by atoms with Crippen LogP contribution in [0.15, 0.2) is 0 Å². The maximum absolute atomic E-state index is 6.25. The molecule has 0 heterocycles. The molecule has 0 unspecified atom stereocenters. The Bertz CT molecular complexity index is 16.4. The summed E-state index contributed by atoms with van der Waals surface area (Å²) in [6.07, 6.45) is 0. The average Bonchev–Trinajstić information content (AvgIpc) is 1.00. The van der Waals surface area contributed by atoms with Gasteiger partial charge in [0.05, 0.1) is 0 Å². The predicted molar refractivity (Wildman–Crippen MR) is 12.8 cm³/mol. The number of rotatable bonds is 0. The van der Waals surface area contributed by atoms with Crippen molar-refractivity contribution in [3.05, 3.63) is 6.57 Å². The van der Waals surface area contributed by atoms with E-state index in [2.05, 4.69) is 0 Å². The maximum atomic E-state index is 6.25. The Morgan fingerprint density at radius 1 is 1.50 bits per heavy atom. The van der Waals surface area contributed by atoms with Gasteiger partial charge in [-0.2, -0.15) is 0 Å². The van der Waals surface area contributed by atoms with Crippen molar-refractivity contribution in [2.45, 2.75) is 0 Å². The van der Waals surface area contributed by atoms with Gasteiger partial charge in [0.15, 0.2) is 0 Å². The smallest absolute Gasteiger partial charge is 0.512 e. The summed E-state index contributed by atoms with van der Waals surface area (Å²) >= 11 is 0. The molecule has 1 nitrogen and oxygen atoms in total. The monoisotopic (exact) mass is 62.0 g/mol. The number of hydrogen-bond acceptors (Lipinski definition) is 1. The van der Waals surface area contributed by atoms with Crippen LogP contribution in [0.25, 0.3) is 0 Å². The molecular formula is CH2BNNa. The van der Waals surface area contributed by atoms with Crippen molar-refractivity contribution < 1.29 is 31.0 Å². The van der Waals surface area contributed by atoms with Crippen LogP contribution < -0.4 is 29.6 Å². The van der Waals surface area contributed by atoms with Crippen molar-refractivity contribution >= 4 is 8.41 Å². The fourth-order valence-corrected chi connectivity index (χ4v) is 0. The molecule has 15 valence electrons. The zero-order chi connectivity index (χ0) is 2.00. The molecule has 0 amide bonds. The molecule has 0 aromatic rings. The third-order valence-electron chi connectivity index (χ3n) is 0. The van der Waals surface area contributed by atoms with Gasteiger partial charge in [-0.05, 0) is 0 Å². The topological polar surface area (TPSA) is 23.8 Å². The van der Waals surface area contributed by atoms with E-state index >= 15 is 0 Å². The Morgan fingerprint density at radius 3 is 1.50 bits per heavy atom. The van der Waals surface area contributed by atoms with Crippen molar-refractivity contribution in [3.63, 3.8) is 0 Å². The van der Waals surface area contributed by atoms with Crippen molar-refractivity contribution in [1.29, 1.82) is 5.26 Å². The van der Waals surface area contributed by atoms with Gasteiger partial charge in [0.2, 0.25) is 0 Å². The predicted octanol–water partition coefficient (Wildman–Crippen LogP) is -3.03. The van der Waals surface area contributed by atoms with Crippen LogP contribution in [0.1, 0.15) is 1.43 Å². The summed E-state index contributed by atoms with van der Waals surface area (Å²) in [5, 5.41) is 6.25. The summed E-state index contributed by atoms with van der Waals surface area (Å²) in [5.74, 6) is 0. The molecule has 0 N–H and O–H groups in total. The molecule has 0 aromatic heterocycles. The van der Waals surface area contributed by atoms with Crippen LogP contribution in [0.5, 0.6) is 0 Å². The maximum Gasteiger partial charge on any atom is 1.00 e. The Morgan fingerprint density at radius 2 is 1.50 bits per heavy atom. The van der Waals surface area contributed by atoms with E-state index in [1.165, 1.54) is 0 Å². The first-order chi connectivity index (χ1) is 1.00. The number of nitrogens with zero attached hydrogens (tertiary/aromatic N) is 1. The molecule has 0 aromatic carbocycles. The zero-order valence-corrected chi connectivity index (χ0v) is 4.52. The molecule has 0 aliphatic heterocycles. The van der Waals surface area contributed by atoms with Gasteiger partial charge in [-0.3, -0.25) is 0 Å². The molecule has 0 aliphatic rings. The van der Waals surface area contributed by atoms with Gasteiger partial charge < -0.3 is 11.8 Å². The molecule has 3 heteroatoms. The quantitative estimate of drug-likeness (QED) is 0.216. The van der Waals surface area contributed by atoms with Gasteiger partial charge in [0.1, 0.15) is 0 Å². The largest absolute Gasteiger partial charge is 1.00 e. The van der Waals surface area contributed by atoms with Gasteiger partial charge in [0.25, 0.3) is 0 Å². The first-order valence-electron chi connectivity index (χ1n) is 0.224. The molecule has 0 bridgehead atoms. The Hall–Kier alpha value is 0.555. The first-order valence-corrected chi connectivity index (χ1v) is 0.224. The fraction of sp³-hybridized carbons (Fsp3) is 0. The van der Waals surface area contributed by atoms with Crippen molar-refractivity contribution in [2.75, 3.05) is 0 Å². The Kier molecular flexibility index (Phi) is 449. The van der Waals surface area contributed by atoms with Crippen LogP contribution in [0, 0.1) is 11.8 Å². The summed E-state index contributed by atoms with van der Waals surface area (Å²) in [4.78, 5) is 0. The van der Waals surface area contributed by atoms with E-state index in [0.717, 1.165) is 0 Å².